The molecule has 0 aromatic carbocycles. The van der Waals surface area contributed by atoms with E-state index in [0.717, 1.165) is 0 Å². The highest BCUT2D eigenvalue weighted by molar-refractivity contribution is 9.39. The number of halogens is 7. The van der Waals surface area contributed by atoms with Gasteiger partial charge in [-0.25, -0.2) is 4.39 Å². The van der Waals surface area contributed by atoms with Gasteiger partial charge in [-0.05, 0) is 15.9 Å². The molecule has 0 fully saturated rings. The van der Waals surface area contributed by atoms with Crippen LogP contribution in [0.1, 0.15) is 0 Å². The second-order valence-electron chi connectivity index (χ2n) is 1.42. The Labute approximate surface area is 89.4 Å². The summed E-state index contributed by atoms with van der Waals surface area (Å²) in [6.45, 7) is 0. The molecule has 0 saturated heterocycles. The molecule has 0 radical (unpaired) electrons. The lowest BCUT2D eigenvalue weighted by atomic mass is 10.4. The van der Waals surface area contributed by atoms with Crippen LogP contribution < -0.4 is 0 Å². The van der Waals surface area contributed by atoms with E-state index in [2.05, 4.69) is 63.7 Å². The number of hydrogen-bond acceptors (Lipinski definition) is 0. The van der Waals surface area contributed by atoms with Crippen LogP contribution >= 0.6 is 63.7 Å². The molecule has 0 rings (SSSR count). The van der Waals surface area contributed by atoms with Crippen LogP contribution in [-0.2, 0) is 0 Å². The Balaban J connectivity index is 4.40. The summed E-state index contributed by atoms with van der Waals surface area (Å²) in [5.74, 6) is -3.56. The summed E-state index contributed by atoms with van der Waals surface area (Å²) in [5.41, 5.74) is 0. The van der Waals surface area contributed by atoms with Crippen LogP contribution in [0.25, 0.3) is 0 Å². The summed E-state index contributed by atoms with van der Waals surface area (Å²) in [6.07, 6.45) is 0. The SMILES string of the molecule is FC(Br)C(F)(F)C(Br)(Br)Br. The molecule has 0 nitrogen and oxygen atoms in total. The molecule has 0 N–H and O–H groups in total. The van der Waals surface area contributed by atoms with Gasteiger partial charge in [0.2, 0.25) is 7.22 Å². The molecule has 0 spiro atoms. The Bertz CT molecular complexity index is 117. The fraction of sp³-hybridized carbons (Fsp3) is 1.00. The molecule has 0 saturated carbocycles. The molecule has 62 valence electrons. The van der Waals surface area contributed by atoms with Crippen molar-refractivity contribution in [1.29, 1.82) is 0 Å². The zero-order chi connectivity index (χ0) is 8.58. The zero-order valence-electron chi connectivity index (χ0n) is 4.22. The van der Waals surface area contributed by atoms with Crippen LogP contribution in [0.15, 0.2) is 0 Å². The third kappa shape index (κ3) is 2.64. The summed E-state index contributed by atoms with van der Waals surface area (Å²) in [6, 6.07) is 0. The van der Waals surface area contributed by atoms with E-state index < -0.39 is 13.1 Å². The first kappa shape index (κ1) is 11.7. The summed E-state index contributed by atoms with van der Waals surface area (Å²) in [5, 5.41) is -2.40. The van der Waals surface area contributed by atoms with Crippen molar-refractivity contribution < 1.29 is 13.2 Å². The first-order valence-corrected chi connectivity index (χ1v) is 5.21. The lowest BCUT2D eigenvalue weighted by Crippen LogP contribution is -2.38. The highest BCUT2D eigenvalue weighted by atomic mass is 80.0. The van der Waals surface area contributed by atoms with Gasteiger partial charge in [0, 0.05) is 0 Å². The van der Waals surface area contributed by atoms with E-state index in [0.29, 0.717) is 0 Å². The summed E-state index contributed by atoms with van der Waals surface area (Å²) >= 11 is 9.67. The molecule has 0 aliphatic carbocycles. The highest BCUT2D eigenvalue weighted by Gasteiger charge is 2.54. The van der Waals surface area contributed by atoms with E-state index in [-0.39, 0.29) is 0 Å². The van der Waals surface area contributed by atoms with Crippen molar-refractivity contribution in [3.05, 3.63) is 0 Å². The smallest absolute Gasteiger partial charge is 0.228 e. The largest absolute Gasteiger partial charge is 0.322 e. The maximum absolute atomic E-state index is 12.5. The van der Waals surface area contributed by atoms with Gasteiger partial charge in [-0.1, -0.05) is 47.8 Å². The Morgan fingerprint density at radius 1 is 1.10 bits per heavy atom. The number of rotatable bonds is 1. The van der Waals surface area contributed by atoms with E-state index in [1.807, 2.05) is 0 Å². The van der Waals surface area contributed by atoms with E-state index >= 15 is 0 Å². The minimum atomic E-state index is -3.56. The van der Waals surface area contributed by atoms with Crippen LogP contribution in [-0.4, -0.2) is 13.1 Å². The minimum absolute atomic E-state index is 1.90. The second kappa shape index (κ2) is 3.62. The van der Waals surface area contributed by atoms with Crippen molar-refractivity contribution in [3.63, 3.8) is 0 Å². The van der Waals surface area contributed by atoms with E-state index in [9.17, 15) is 13.2 Å². The third-order valence-electron chi connectivity index (χ3n) is 0.652. The summed E-state index contributed by atoms with van der Waals surface area (Å²) < 4.78 is 35.1. The van der Waals surface area contributed by atoms with Gasteiger partial charge in [0.05, 0.1) is 0 Å². The van der Waals surface area contributed by atoms with Crippen LogP contribution in [0, 0.1) is 0 Å². The third-order valence-corrected chi connectivity index (χ3v) is 2.81. The summed E-state index contributed by atoms with van der Waals surface area (Å²) in [4.78, 5) is 0. The Hall–Kier alpha value is 1.71. The molecular weight excluding hydrogens is 413 g/mol. The van der Waals surface area contributed by atoms with E-state index in [1.165, 1.54) is 0 Å². The standard InChI is InChI=1S/C3HBr4F3/c4-1(8)2(9,10)3(5,6)7/h1H. The van der Waals surface area contributed by atoms with Crippen LogP contribution in [0.3, 0.4) is 0 Å². The van der Waals surface area contributed by atoms with Gasteiger partial charge < -0.3 is 0 Å². The molecule has 0 heterocycles. The molecule has 0 aromatic heterocycles. The van der Waals surface area contributed by atoms with Crippen LogP contribution in [0.2, 0.25) is 0 Å². The Kier molecular flexibility index (Phi) is 4.23. The number of alkyl halides is 7. The van der Waals surface area contributed by atoms with Gasteiger partial charge in [0.15, 0.2) is 0 Å². The van der Waals surface area contributed by atoms with Crippen LogP contribution in [0.4, 0.5) is 13.2 Å². The maximum Gasteiger partial charge on any atom is 0.322 e. The van der Waals surface area contributed by atoms with E-state index in [1.54, 1.807) is 0 Å². The first-order chi connectivity index (χ1) is 4.19. The van der Waals surface area contributed by atoms with Gasteiger partial charge >= 0.3 is 5.92 Å². The predicted octanol–water partition coefficient (Wildman–Crippen LogP) is 4.15. The molecular formula is C3HBr4F3. The van der Waals surface area contributed by atoms with Gasteiger partial charge in [-0.15, -0.1) is 0 Å². The highest BCUT2D eigenvalue weighted by Crippen LogP contribution is 2.50. The molecule has 1 unspecified atom stereocenters. The molecule has 0 bridgehead atoms. The topological polar surface area (TPSA) is 0 Å². The predicted molar refractivity (Wildman–Crippen MR) is 48.3 cm³/mol. The van der Waals surface area contributed by atoms with Crippen molar-refractivity contribution in [3.8, 4) is 0 Å². The molecule has 1 atom stereocenters. The van der Waals surface area contributed by atoms with E-state index in [4.69, 9.17) is 0 Å². The Morgan fingerprint density at radius 2 is 1.40 bits per heavy atom. The lowest BCUT2D eigenvalue weighted by Gasteiger charge is -2.24. The van der Waals surface area contributed by atoms with Gasteiger partial charge in [0.25, 0.3) is 0 Å². The quantitative estimate of drug-likeness (QED) is 0.567. The van der Waals surface area contributed by atoms with Crippen molar-refractivity contribution in [1.82, 2.24) is 0 Å². The molecule has 0 aliphatic rings. The lowest BCUT2D eigenvalue weighted by molar-refractivity contribution is -0.0208. The van der Waals surface area contributed by atoms with Crippen molar-refractivity contribution >= 4 is 63.7 Å². The normalized spacial score (nSPS) is 17.1. The van der Waals surface area contributed by atoms with Gasteiger partial charge in [-0.3, -0.25) is 0 Å². The monoisotopic (exact) mass is 410 g/mol. The second-order valence-corrected chi connectivity index (χ2v) is 8.99. The van der Waals surface area contributed by atoms with Gasteiger partial charge in [-0.2, -0.15) is 8.78 Å². The average molecular weight is 414 g/mol. The molecule has 0 amide bonds. The fourth-order valence-electron chi connectivity index (χ4n) is 0.124. The van der Waals surface area contributed by atoms with Crippen molar-refractivity contribution in [2.45, 2.75) is 13.1 Å². The molecule has 10 heavy (non-hydrogen) atoms. The molecule has 7 heteroatoms. The fourth-order valence-corrected chi connectivity index (χ4v) is 1.99. The average Bonchev–Trinajstić information content (AvgIpc) is 1.62. The summed E-state index contributed by atoms with van der Waals surface area (Å²) in [7, 11) is 0. The minimum Gasteiger partial charge on any atom is -0.228 e. The maximum atomic E-state index is 12.5. The van der Waals surface area contributed by atoms with Gasteiger partial charge in [0.1, 0.15) is 0 Å². The van der Waals surface area contributed by atoms with Crippen molar-refractivity contribution in [2.75, 3.05) is 0 Å². The first-order valence-electron chi connectivity index (χ1n) is 1.92. The Morgan fingerprint density at radius 3 is 1.40 bits per heavy atom. The molecule has 0 aromatic rings. The van der Waals surface area contributed by atoms with Crippen molar-refractivity contribution in [2.24, 2.45) is 0 Å². The molecule has 0 aliphatic heterocycles. The number of hydrogen-bond donors (Lipinski definition) is 0. The zero-order valence-corrected chi connectivity index (χ0v) is 10.6. The van der Waals surface area contributed by atoms with Crippen LogP contribution in [0.5, 0.6) is 0 Å².